The van der Waals surface area contributed by atoms with Crippen molar-refractivity contribution < 1.29 is 9.21 Å². The fourth-order valence-corrected chi connectivity index (χ4v) is 3.08. The number of nitrogens with zero attached hydrogens (tertiary/aromatic N) is 5. The van der Waals surface area contributed by atoms with Crippen LogP contribution in [0.5, 0.6) is 0 Å². The van der Waals surface area contributed by atoms with Crippen LogP contribution in [0.4, 0.5) is 0 Å². The van der Waals surface area contributed by atoms with E-state index >= 15 is 0 Å². The summed E-state index contributed by atoms with van der Waals surface area (Å²) in [5.74, 6) is 3.00. The van der Waals surface area contributed by atoms with Gasteiger partial charge in [0.15, 0.2) is 17.2 Å². The number of likely N-dealkylation sites (tertiary alicyclic amines) is 1. The second-order valence-corrected chi connectivity index (χ2v) is 6.47. The monoisotopic (exact) mass is 325 g/mol. The number of ketones is 1. The van der Waals surface area contributed by atoms with E-state index in [-0.39, 0.29) is 11.7 Å². The summed E-state index contributed by atoms with van der Waals surface area (Å²) in [6.45, 7) is 5.37. The van der Waals surface area contributed by atoms with Gasteiger partial charge in [0.25, 0.3) is 0 Å². The number of Topliss-reactive ketones (excluding diaryl/α,β-unsaturated/α-hetero) is 1. The van der Waals surface area contributed by atoms with E-state index in [9.17, 15) is 4.79 Å². The maximum atomic E-state index is 12.4. The van der Waals surface area contributed by atoms with E-state index < -0.39 is 0 Å². The molecule has 1 aliphatic rings. The lowest BCUT2D eigenvalue weighted by Gasteiger charge is -2.34. The number of fused-ring (bicyclic) bond motifs is 1. The van der Waals surface area contributed by atoms with Gasteiger partial charge in [-0.2, -0.15) is 4.52 Å². The second-order valence-electron chi connectivity index (χ2n) is 6.47. The average molecular weight is 325 g/mol. The van der Waals surface area contributed by atoms with Gasteiger partial charge in [-0.3, -0.25) is 4.79 Å². The Morgan fingerprint density at radius 1 is 1.29 bits per heavy atom. The van der Waals surface area contributed by atoms with E-state index in [1.807, 2.05) is 39.1 Å². The second kappa shape index (κ2) is 5.52. The molecule has 4 rings (SSSR count). The zero-order valence-electron chi connectivity index (χ0n) is 14.0. The summed E-state index contributed by atoms with van der Waals surface area (Å²) in [5.41, 5.74) is 1.39. The molecular formula is C17H19N5O2. The molecule has 0 aromatic carbocycles. The maximum Gasteiger partial charge on any atom is 0.199 e. The predicted molar refractivity (Wildman–Crippen MR) is 87.7 cm³/mol. The lowest BCUT2D eigenvalue weighted by molar-refractivity contribution is -0.126. The van der Waals surface area contributed by atoms with Crippen LogP contribution in [0.2, 0.25) is 0 Å². The first-order valence-corrected chi connectivity index (χ1v) is 8.01. The van der Waals surface area contributed by atoms with Crippen LogP contribution in [0, 0.1) is 19.8 Å². The van der Waals surface area contributed by atoms with Crippen LogP contribution in [0.25, 0.3) is 17.2 Å². The maximum absolute atomic E-state index is 12.4. The van der Waals surface area contributed by atoms with E-state index in [0.29, 0.717) is 35.2 Å². The largest absolute Gasteiger partial charge is 0.458 e. The van der Waals surface area contributed by atoms with Gasteiger partial charge in [-0.15, -0.1) is 5.10 Å². The Balaban J connectivity index is 1.72. The van der Waals surface area contributed by atoms with Crippen LogP contribution in [-0.4, -0.2) is 50.4 Å². The van der Waals surface area contributed by atoms with Gasteiger partial charge in [-0.05, 0) is 33.0 Å². The molecule has 3 aromatic rings. The number of rotatable bonds is 4. The molecule has 0 unspecified atom stereocenters. The minimum absolute atomic E-state index is 0.113. The zero-order chi connectivity index (χ0) is 16.8. The van der Waals surface area contributed by atoms with E-state index in [1.54, 1.807) is 4.52 Å². The molecule has 7 nitrogen and oxygen atoms in total. The first kappa shape index (κ1) is 15.0. The van der Waals surface area contributed by atoms with Crippen molar-refractivity contribution in [3.63, 3.8) is 0 Å². The molecule has 7 heteroatoms. The minimum Gasteiger partial charge on any atom is -0.458 e. The minimum atomic E-state index is 0.113. The molecule has 0 amide bonds. The molecule has 0 spiro atoms. The smallest absolute Gasteiger partial charge is 0.199 e. The molecule has 1 saturated heterocycles. The number of hydrogen-bond donors (Lipinski definition) is 0. The Kier molecular flexibility index (Phi) is 3.45. The van der Waals surface area contributed by atoms with Crippen molar-refractivity contribution in [1.82, 2.24) is 24.5 Å². The number of carbonyl (C=O) groups excluding carboxylic acids is 1. The van der Waals surface area contributed by atoms with Gasteiger partial charge >= 0.3 is 0 Å². The third-order valence-electron chi connectivity index (χ3n) is 4.32. The van der Waals surface area contributed by atoms with Crippen LogP contribution < -0.4 is 0 Å². The van der Waals surface area contributed by atoms with Gasteiger partial charge in [0.2, 0.25) is 0 Å². The summed E-state index contributed by atoms with van der Waals surface area (Å²) in [6, 6.07) is 5.58. The third kappa shape index (κ3) is 2.60. The average Bonchev–Trinajstić information content (AvgIpc) is 3.08. The van der Waals surface area contributed by atoms with Crippen LogP contribution in [0.15, 0.2) is 22.6 Å². The highest BCUT2D eigenvalue weighted by molar-refractivity contribution is 5.84. The molecule has 3 aromatic heterocycles. The Morgan fingerprint density at radius 3 is 2.75 bits per heavy atom. The van der Waals surface area contributed by atoms with E-state index in [4.69, 9.17) is 4.42 Å². The normalized spacial score (nSPS) is 15.8. The number of aromatic nitrogens is 4. The highest BCUT2D eigenvalue weighted by Gasteiger charge is 2.30. The van der Waals surface area contributed by atoms with E-state index in [1.165, 1.54) is 0 Å². The zero-order valence-corrected chi connectivity index (χ0v) is 14.0. The van der Waals surface area contributed by atoms with Crippen molar-refractivity contribution in [1.29, 1.82) is 0 Å². The Morgan fingerprint density at radius 2 is 2.08 bits per heavy atom. The van der Waals surface area contributed by atoms with Crippen LogP contribution >= 0.6 is 0 Å². The van der Waals surface area contributed by atoms with Gasteiger partial charge in [0.1, 0.15) is 17.4 Å². The summed E-state index contributed by atoms with van der Waals surface area (Å²) >= 11 is 0. The number of aryl methyl sites for hydroxylation is 2. The fraction of sp³-hybridized carbons (Fsp3) is 0.412. The summed E-state index contributed by atoms with van der Waals surface area (Å²) in [4.78, 5) is 23.6. The van der Waals surface area contributed by atoms with Crippen LogP contribution in [0.3, 0.4) is 0 Å². The lowest BCUT2D eigenvalue weighted by atomic mass is 9.93. The number of carbonyl (C=O) groups is 1. The quantitative estimate of drug-likeness (QED) is 0.726. The SMILES string of the molecule is Cc1nc2cc(CC(=O)C3CN(C)C3)nc(-c3ccc(C)o3)n2n1. The molecule has 0 bridgehead atoms. The summed E-state index contributed by atoms with van der Waals surface area (Å²) in [7, 11) is 2.02. The van der Waals surface area contributed by atoms with Gasteiger partial charge in [0, 0.05) is 31.5 Å². The van der Waals surface area contributed by atoms with E-state index in [2.05, 4.69) is 20.0 Å². The highest BCUT2D eigenvalue weighted by atomic mass is 16.3. The molecule has 0 N–H and O–H groups in total. The van der Waals surface area contributed by atoms with Gasteiger partial charge in [-0.1, -0.05) is 0 Å². The topological polar surface area (TPSA) is 76.5 Å². The Bertz CT molecular complexity index is 920. The van der Waals surface area contributed by atoms with Crippen molar-refractivity contribution >= 4 is 11.4 Å². The molecule has 124 valence electrons. The Labute approximate surface area is 139 Å². The molecule has 0 radical (unpaired) electrons. The standard InChI is InChI=1S/C17H19N5O2/c1-10-4-5-15(24-10)17-19-13(6-14(23)12-8-21(3)9-12)7-16-18-11(2)20-22(16)17/h4-5,7,12H,6,8-9H2,1-3H3. The molecule has 0 atom stereocenters. The number of furan rings is 1. The number of hydrogen-bond acceptors (Lipinski definition) is 6. The third-order valence-corrected chi connectivity index (χ3v) is 4.32. The molecule has 0 saturated carbocycles. The molecule has 0 aliphatic carbocycles. The summed E-state index contributed by atoms with van der Waals surface area (Å²) in [5, 5.41) is 4.38. The van der Waals surface area contributed by atoms with Crippen molar-refractivity contribution in [2.75, 3.05) is 20.1 Å². The molecule has 1 fully saturated rings. The predicted octanol–water partition coefficient (Wildman–Crippen LogP) is 1.67. The fourth-order valence-electron chi connectivity index (χ4n) is 3.08. The highest BCUT2D eigenvalue weighted by Crippen LogP contribution is 2.23. The van der Waals surface area contributed by atoms with Crippen LogP contribution in [-0.2, 0) is 11.2 Å². The molecule has 24 heavy (non-hydrogen) atoms. The van der Waals surface area contributed by atoms with Crippen molar-refractivity contribution in [2.24, 2.45) is 5.92 Å². The van der Waals surface area contributed by atoms with Gasteiger partial charge in [0.05, 0.1) is 5.69 Å². The van der Waals surface area contributed by atoms with Gasteiger partial charge < -0.3 is 9.32 Å². The lowest BCUT2D eigenvalue weighted by Crippen LogP contribution is -2.48. The van der Waals surface area contributed by atoms with E-state index in [0.717, 1.165) is 18.8 Å². The van der Waals surface area contributed by atoms with Crippen molar-refractivity contribution in [3.05, 3.63) is 35.5 Å². The Hall–Kier alpha value is -2.54. The first-order chi connectivity index (χ1) is 11.5. The van der Waals surface area contributed by atoms with Gasteiger partial charge in [-0.25, -0.2) is 9.97 Å². The summed E-state index contributed by atoms with van der Waals surface area (Å²) in [6.07, 6.45) is 0.313. The first-order valence-electron chi connectivity index (χ1n) is 8.01. The molecule has 4 heterocycles. The summed E-state index contributed by atoms with van der Waals surface area (Å²) < 4.78 is 7.36. The molecule has 1 aliphatic heterocycles. The van der Waals surface area contributed by atoms with Crippen LogP contribution in [0.1, 0.15) is 17.3 Å². The van der Waals surface area contributed by atoms with Crippen molar-refractivity contribution in [3.8, 4) is 11.6 Å². The molecular weight excluding hydrogens is 306 g/mol. The van der Waals surface area contributed by atoms with Crippen molar-refractivity contribution in [2.45, 2.75) is 20.3 Å².